The number of aliphatic hydroxyl groups is 1. The molecule has 3 rings (SSSR count). The molecule has 0 spiro atoms. The van der Waals surface area contributed by atoms with Crippen molar-refractivity contribution in [1.82, 2.24) is 0 Å². The summed E-state index contributed by atoms with van der Waals surface area (Å²) in [6.07, 6.45) is 11.2. The highest BCUT2D eigenvalue weighted by molar-refractivity contribution is 5.87. The van der Waals surface area contributed by atoms with E-state index in [2.05, 4.69) is 0 Å². The number of ether oxygens (including phenoxy) is 2. The van der Waals surface area contributed by atoms with Crippen LogP contribution in [0.1, 0.15) is 51.7 Å². The minimum absolute atomic E-state index is 0.169. The number of rotatable bonds is 7. The fourth-order valence-corrected chi connectivity index (χ4v) is 2.65. The van der Waals surface area contributed by atoms with E-state index in [0.29, 0.717) is 11.1 Å². The fraction of sp³-hybridized carbons (Fsp3) is 0.312. The Morgan fingerprint density at radius 1 is 0.762 bits per heavy atom. The van der Waals surface area contributed by atoms with Crippen LogP contribution in [0.2, 0.25) is 0 Å². The van der Waals surface area contributed by atoms with Crippen LogP contribution < -0.4 is 0 Å². The number of phenols is 4. The lowest BCUT2D eigenvalue weighted by molar-refractivity contribution is -0.136. The van der Waals surface area contributed by atoms with E-state index >= 15 is 0 Å². The summed E-state index contributed by atoms with van der Waals surface area (Å²) in [5, 5.41) is 52.8. The van der Waals surface area contributed by atoms with Gasteiger partial charge in [0, 0.05) is 25.4 Å². The number of hydrogen-bond acceptors (Lipinski definition) is 9. The molecule has 230 valence electrons. The van der Waals surface area contributed by atoms with Gasteiger partial charge in [-0.15, -0.1) is 0 Å². The van der Waals surface area contributed by atoms with Crippen molar-refractivity contribution in [2.24, 2.45) is 0 Å². The third-order valence-electron chi connectivity index (χ3n) is 4.87. The van der Waals surface area contributed by atoms with E-state index in [1.165, 1.54) is 61.4 Å². The van der Waals surface area contributed by atoms with Crippen LogP contribution in [0.3, 0.4) is 0 Å². The largest absolute Gasteiger partial charge is 0.504 e. The Kier molecular flexibility index (Phi) is 19.8. The molecule has 1 fully saturated rings. The number of allylic oxidation sites excluding steroid dienone is 2. The van der Waals surface area contributed by atoms with Crippen LogP contribution in [0, 0.1) is 0 Å². The normalized spacial score (nSPS) is 11.6. The lowest BCUT2D eigenvalue weighted by Crippen LogP contribution is -2.00. The maximum atomic E-state index is 11.3. The highest BCUT2D eigenvalue weighted by atomic mass is 16.5. The second-order valence-electron chi connectivity index (χ2n) is 9.20. The summed E-state index contributed by atoms with van der Waals surface area (Å²) in [5.41, 5.74) is 3.36. The number of carbonyl (C=O) groups is 2. The van der Waals surface area contributed by atoms with Gasteiger partial charge in [0.25, 0.3) is 0 Å². The maximum Gasteiger partial charge on any atom is 0.331 e. The Morgan fingerprint density at radius 3 is 1.57 bits per heavy atom. The van der Waals surface area contributed by atoms with Crippen LogP contribution in [-0.4, -0.2) is 69.0 Å². The van der Waals surface area contributed by atoms with Crippen LogP contribution in [0.15, 0.2) is 71.8 Å². The van der Waals surface area contributed by atoms with Crippen LogP contribution in [0.25, 0.3) is 12.2 Å². The molecular weight excluding hydrogens is 544 g/mol. The van der Waals surface area contributed by atoms with Crippen LogP contribution >= 0.6 is 0 Å². The topological polar surface area (TPSA) is 174 Å². The molecule has 0 saturated carbocycles. The molecule has 1 saturated heterocycles. The molecule has 2 aromatic carbocycles. The summed E-state index contributed by atoms with van der Waals surface area (Å²) in [4.78, 5) is 21.4. The SMILES string of the molecule is C1CCOC1.CC(C)=CCO.CC(C)=CCOC(=O)/C=C/c1ccc(O)c(O)c1.O=C(O)/C=C/c1ccc(O)c(O)c1. The second kappa shape index (κ2) is 22.2. The van der Waals surface area contributed by atoms with Gasteiger partial charge in [0.2, 0.25) is 0 Å². The molecule has 0 unspecified atom stereocenters. The molecule has 0 bridgehead atoms. The summed E-state index contributed by atoms with van der Waals surface area (Å²) in [5.74, 6) is -2.44. The fourth-order valence-electron chi connectivity index (χ4n) is 2.65. The summed E-state index contributed by atoms with van der Waals surface area (Å²) < 4.78 is 9.86. The Bertz CT molecular complexity index is 1210. The quantitative estimate of drug-likeness (QED) is 0.104. The molecule has 1 aliphatic rings. The first kappa shape index (κ1) is 37.5. The van der Waals surface area contributed by atoms with Crippen molar-refractivity contribution in [2.45, 2.75) is 40.5 Å². The van der Waals surface area contributed by atoms with Gasteiger partial charge in [-0.3, -0.25) is 0 Å². The number of carboxylic acid groups (broad SMARTS) is 1. The summed E-state index contributed by atoms with van der Waals surface area (Å²) in [6, 6.07) is 8.34. The van der Waals surface area contributed by atoms with Crippen LogP contribution in [-0.2, 0) is 19.1 Å². The van der Waals surface area contributed by atoms with Crippen LogP contribution in [0.5, 0.6) is 23.0 Å². The standard InChI is InChI=1S/C14H16O4.C9H8O4.C5H10O.C4H8O/c1-10(2)7-8-18-14(17)6-4-11-3-5-12(15)13(16)9-11;10-7-3-1-6(5-8(7)11)2-4-9(12)13;1-5(2)3-4-6;1-2-4-5-3-1/h3-7,9,15-16H,8H2,1-2H3;1-5,10-11H,(H,12,13);3,6H,4H2,1-2H3;1-4H2/b6-4+;4-2+;;. The zero-order valence-electron chi connectivity index (χ0n) is 24.5. The minimum Gasteiger partial charge on any atom is -0.504 e. The number of benzene rings is 2. The summed E-state index contributed by atoms with van der Waals surface area (Å²) in [7, 11) is 0. The number of phenolic OH excluding ortho intramolecular Hbond substituents is 4. The average Bonchev–Trinajstić information content (AvgIpc) is 3.51. The van der Waals surface area contributed by atoms with Gasteiger partial charge in [0.05, 0.1) is 6.61 Å². The van der Waals surface area contributed by atoms with Crippen molar-refractivity contribution in [2.75, 3.05) is 26.4 Å². The smallest absolute Gasteiger partial charge is 0.331 e. The van der Waals surface area contributed by atoms with E-state index in [1.54, 1.807) is 18.2 Å². The van der Waals surface area contributed by atoms with Gasteiger partial charge in [-0.1, -0.05) is 29.4 Å². The first-order valence-electron chi connectivity index (χ1n) is 13.1. The van der Waals surface area contributed by atoms with Gasteiger partial charge in [-0.2, -0.15) is 0 Å². The molecule has 1 aliphatic heterocycles. The molecule has 6 N–H and O–H groups in total. The highest BCUT2D eigenvalue weighted by Crippen LogP contribution is 2.26. The molecule has 10 heteroatoms. The lowest BCUT2D eigenvalue weighted by Gasteiger charge is -1.99. The molecule has 0 aliphatic carbocycles. The second-order valence-corrected chi connectivity index (χ2v) is 9.20. The summed E-state index contributed by atoms with van der Waals surface area (Å²) in [6.45, 7) is 10.2. The van der Waals surface area contributed by atoms with Gasteiger partial charge in [0.1, 0.15) is 6.61 Å². The van der Waals surface area contributed by atoms with Gasteiger partial charge in [-0.25, -0.2) is 9.59 Å². The van der Waals surface area contributed by atoms with Crippen molar-refractivity contribution in [3.63, 3.8) is 0 Å². The number of esters is 1. The molecule has 0 atom stereocenters. The van der Waals surface area contributed by atoms with Gasteiger partial charge < -0.3 is 40.1 Å². The maximum absolute atomic E-state index is 11.3. The van der Waals surface area contributed by atoms with Crippen molar-refractivity contribution in [3.8, 4) is 23.0 Å². The highest BCUT2D eigenvalue weighted by Gasteiger charge is 2.00. The molecule has 10 nitrogen and oxygen atoms in total. The number of hydrogen-bond donors (Lipinski definition) is 6. The minimum atomic E-state index is -1.06. The zero-order valence-corrected chi connectivity index (χ0v) is 24.5. The Hall–Kier alpha value is -4.54. The summed E-state index contributed by atoms with van der Waals surface area (Å²) >= 11 is 0. The molecule has 0 aromatic heterocycles. The van der Waals surface area contributed by atoms with E-state index in [0.717, 1.165) is 30.4 Å². The van der Waals surface area contributed by atoms with Crippen molar-refractivity contribution < 1.29 is 49.7 Å². The number of aliphatic carboxylic acids is 1. The van der Waals surface area contributed by atoms with Gasteiger partial charge in [-0.05, 0) is 94.2 Å². The molecule has 42 heavy (non-hydrogen) atoms. The number of carbonyl (C=O) groups excluding carboxylic acids is 1. The van der Waals surface area contributed by atoms with E-state index in [1.807, 2.05) is 27.7 Å². The van der Waals surface area contributed by atoms with E-state index in [4.69, 9.17) is 35.0 Å². The Morgan fingerprint density at radius 2 is 1.24 bits per heavy atom. The monoisotopic (exact) mass is 586 g/mol. The Balaban J connectivity index is 0.000000604. The first-order chi connectivity index (χ1) is 19.8. The third-order valence-corrected chi connectivity index (χ3v) is 4.87. The molecule has 0 radical (unpaired) electrons. The molecule has 0 amide bonds. The van der Waals surface area contributed by atoms with Gasteiger partial charge >= 0.3 is 11.9 Å². The molecular formula is C32H42O10. The Labute approximate surface area is 246 Å². The lowest BCUT2D eigenvalue weighted by atomic mass is 10.2. The number of carboxylic acids is 1. The average molecular weight is 587 g/mol. The van der Waals surface area contributed by atoms with Crippen molar-refractivity contribution in [1.29, 1.82) is 0 Å². The van der Waals surface area contributed by atoms with Crippen molar-refractivity contribution >= 4 is 24.1 Å². The van der Waals surface area contributed by atoms with Gasteiger partial charge in [0.15, 0.2) is 23.0 Å². The van der Waals surface area contributed by atoms with Crippen LogP contribution in [0.4, 0.5) is 0 Å². The van der Waals surface area contributed by atoms with Crippen molar-refractivity contribution in [3.05, 3.63) is 83.0 Å². The third kappa shape index (κ3) is 20.4. The zero-order chi connectivity index (χ0) is 31.9. The number of aliphatic hydroxyl groups excluding tert-OH is 1. The predicted octanol–water partition coefficient (Wildman–Crippen LogP) is 5.56. The number of aromatic hydroxyl groups is 4. The molecule has 2 aromatic rings. The van der Waals surface area contributed by atoms with E-state index in [9.17, 15) is 14.7 Å². The first-order valence-corrected chi connectivity index (χ1v) is 13.1. The predicted molar refractivity (Wildman–Crippen MR) is 162 cm³/mol. The van der Waals surface area contributed by atoms with E-state index < -0.39 is 11.9 Å². The molecule has 1 heterocycles. The van der Waals surface area contributed by atoms with E-state index in [-0.39, 0.29) is 36.2 Å².